The fraction of sp³-hybridized carbons (Fsp3) is 0.480. The van der Waals surface area contributed by atoms with Crippen molar-refractivity contribution in [3.05, 3.63) is 58.7 Å². The molecule has 7 heteroatoms. The van der Waals surface area contributed by atoms with Crippen LogP contribution in [0.15, 0.2) is 36.4 Å². The van der Waals surface area contributed by atoms with E-state index in [2.05, 4.69) is 25.2 Å². The maximum Gasteiger partial charge on any atom is 0.244 e. The molecule has 2 aromatic rings. The zero-order chi connectivity index (χ0) is 24.2. The van der Waals surface area contributed by atoms with Gasteiger partial charge in [0, 0.05) is 0 Å². The molecule has 0 aliphatic heterocycles. The number of methoxy groups -OCH3 is 1. The summed E-state index contributed by atoms with van der Waals surface area (Å²) >= 11 is 0. The second-order valence-corrected chi connectivity index (χ2v) is 10.4. The molecule has 1 amide bonds. The molecule has 0 heterocycles. The van der Waals surface area contributed by atoms with Gasteiger partial charge in [-0.1, -0.05) is 32.9 Å². The van der Waals surface area contributed by atoms with Gasteiger partial charge in [0.15, 0.2) is 0 Å². The van der Waals surface area contributed by atoms with Crippen LogP contribution in [-0.4, -0.2) is 33.7 Å². The third-order valence-electron chi connectivity index (χ3n) is 5.75. The number of carbonyl (C=O) groups excluding carboxylic acids is 1. The van der Waals surface area contributed by atoms with E-state index >= 15 is 0 Å². The molecule has 0 radical (unpaired) electrons. The van der Waals surface area contributed by atoms with Crippen molar-refractivity contribution in [3.8, 4) is 5.75 Å². The first kappa shape index (κ1) is 25.7. The third-order valence-corrected chi connectivity index (χ3v) is 6.99. The van der Waals surface area contributed by atoms with Gasteiger partial charge in [-0.3, -0.25) is 9.10 Å². The summed E-state index contributed by atoms with van der Waals surface area (Å²) in [6.07, 6.45) is 1.97. The molecule has 2 atom stereocenters. The Hall–Kier alpha value is -2.54. The van der Waals surface area contributed by atoms with E-state index in [1.54, 1.807) is 26.2 Å². The summed E-state index contributed by atoms with van der Waals surface area (Å²) in [5.74, 6) is 0.730. The van der Waals surface area contributed by atoms with Crippen LogP contribution in [-0.2, 0) is 21.2 Å². The van der Waals surface area contributed by atoms with Crippen molar-refractivity contribution in [3.63, 3.8) is 0 Å². The van der Waals surface area contributed by atoms with E-state index in [1.807, 2.05) is 39.0 Å². The minimum absolute atomic E-state index is 0.262. The molecule has 2 rings (SSSR count). The standard InChI is InChI=1S/C25H36N2O4S/c1-9-20-10-12-21(13-11-20)27(32(8,29)30)19(6)25(28)26-18(5)23-15-22(16(2)3)24(31-7)14-17(23)4/h10-16,18-19H,9H2,1-8H3,(H,26,28). The topological polar surface area (TPSA) is 75.7 Å². The van der Waals surface area contributed by atoms with Gasteiger partial charge in [0.1, 0.15) is 11.8 Å². The number of nitrogens with zero attached hydrogens (tertiary/aromatic N) is 1. The Labute approximate surface area is 193 Å². The van der Waals surface area contributed by atoms with Crippen LogP contribution in [0.1, 0.15) is 68.8 Å². The van der Waals surface area contributed by atoms with Crippen molar-refractivity contribution in [2.24, 2.45) is 0 Å². The maximum atomic E-state index is 13.1. The summed E-state index contributed by atoms with van der Waals surface area (Å²) < 4.78 is 31.8. The Kier molecular flexibility index (Phi) is 8.35. The molecule has 0 aliphatic carbocycles. The molecule has 0 bridgehead atoms. The average molecular weight is 461 g/mol. The van der Waals surface area contributed by atoms with Crippen LogP contribution in [0.2, 0.25) is 0 Å². The summed E-state index contributed by atoms with van der Waals surface area (Å²) in [7, 11) is -2.01. The molecule has 2 unspecified atom stereocenters. The number of ether oxygens (including phenoxy) is 1. The minimum atomic E-state index is -3.66. The normalized spacial score (nSPS) is 13.5. The molecule has 1 N–H and O–H groups in total. The van der Waals surface area contributed by atoms with Crippen LogP contribution in [0.5, 0.6) is 5.75 Å². The van der Waals surface area contributed by atoms with Crippen LogP contribution in [0.25, 0.3) is 0 Å². The lowest BCUT2D eigenvalue weighted by atomic mass is 9.93. The van der Waals surface area contributed by atoms with Gasteiger partial charge in [0.25, 0.3) is 0 Å². The maximum absolute atomic E-state index is 13.1. The van der Waals surface area contributed by atoms with Crippen LogP contribution >= 0.6 is 0 Å². The number of rotatable bonds is 9. The van der Waals surface area contributed by atoms with E-state index in [4.69, 9.17) is 4.74 Å². The first-order valence-electron chi connectivity index (χ1n) is 11.0. The SMILES string of the molecule is CCc1ccc(N(C(C)C(=O)NC(C)c2cc(C(C)C)c(OC)cc2C)S(C)(=O)=O)cc1. The largest absolute Gasteiger partial charge is 0.496 e. The lowest BCUT2D eigenvalue weighted by Gasteiger charge is -2.30. The highest BCUT2D eigenvalue weighted by Crippen LogP contribution is 2.32. The van der Waals surface area contributed by atoms with Gasteiger partial charge in [0.2, 0.25) is 15.9 Å². The summed E-state index contributed by atoms with van der Waals surface area (Å²) in [5, 5.41) is 3.00. The van der Waals surface area contributed by atoms with Crippen molar-refractivity contribution < 1.29 is 17.9 Å². The number of benzene rings is 2. The Balaban J connectivity index is 2.32. The summed E-state index contributed by atoms with van der Waals surface area (Å²) in [5.41, 5.74) is 4.62. The third kappa shape index (κ3) is 5.82. The fourth-order valence-electron chi connectivity index (χ4n) is 3.91. The van der Waals surface area contributed by atoms with Gasteiger partial charge in [0.05, 0.1) is 25.1 Å². The molecule has 176 valence electrons. The smallest absolute Gasteiger partial charge is 0.244 e. The molecule has 0 fully saturated rings. The van der Waals surface area contributed by atoms with Gasteiger partial charge in [-0.05, 0) is 79.6 Å². The quantitative estimate of drug-likeness (QED) is 0.587. The number of hydrogen-bond acceptors (Lipinski definition) is 4. The van der Waals surface area contributed by atoms with Gasteiger partial charge in [-0.25, -0.2) is 8.42 Å². The monoisotopic (exact) mass is 460 g/mol. The number of carbonyl (C=O) groups is 1. The van der Waals surface area contributed by atoms with Crippen molar-refractivity contribution in [2.75, 3.05) is 17.7 Å². The fourth-order valence-corrected chi connectivity index (χ4v) is 5.08. The van der Waals surface area contributed by atoms with Gasteiger partial charge < -0.3 is 10.1 Å². The molecule has 0 aliphatic rings. The predicted molar refractivity (Wildman–Crippen MR) is 131 cm³/mol. The second-order valence-electron chi connectivity index (χ2n) is 8.59. The van der Waals surface area contributed by atoms with E-state index in [9.17, 15) is 13.2 Å². The summed E-state index contributed by atoms with van der Waals surface area (Å²) in [4.78, 5) is 13.1. The zero-order valence-corrected chi connectivity index (χ0v) is 21.2. The van der Waals surface area contributed by atoms with Crippen molar-refractivity contribution >= 4 is 21.6 Å². The van der Waals surface area contributed by atoms with Gasteiger partial charge in [-0.15, -0.1) is 0 Å². The molecule has 32 heavy (non-hydrogen) atoms. The van der Waals surface area contributed by atoms with E-state index in [0.717, 1.165) is 40.7 Å². The van der Waals surface area contributed by atoms with Gasteiger partial charge >= 0.3 is 0 Å². The molecule has 0 aromatic heterocycles. The molecule has 6 nitrogen and oxygen atoms in total. The molecule has 0 saturated heterocycles. The highest BCUT2D eigenvalue weighted by molar-refractivity contribution is 7.92. The van der Waals surface area contributed by atoms with E-state index in [0.29, 0.717) is 5.69 Å². The molecule has 0 saturated carbocycles. The first-order valence-corrected chi connectivity index (χ1v) is 12.8. The number of anilines is 1. The number of hydrogen-bond donors (Lipinski definition) is 1. The number of aryl methyl sites for hydroxylation is 2. The molecule has 2 aromatic carbocycles. The molecular weight excluding hydrogens is 424 g/mol. The van der Waals surface area contributed by atoms with Crippen molar-refractivity contribution in [1.29, 1.82) is 0 Å². The minimum Gasteiger partial charge on any atom is -0.496 e. The number of amides is 1. The highest BCUT2D eigenvalue weighted by atomic mass is 32.2. The van der Waals surface area contributed by atoms with E-state index in [-0.39, 0.29) is 17.9 Å². The Morgan fingerprint density at radius 1 is 1.06 bits per heavy atom. The number of sulfonamides is 1. The first-order chi connectivity index (χ1) is 14.9. The zero-order valence-electron chi connectivity index (χ0n) is 20.4. The number of nitrogens with one attached hydrogen (secondary N) is 1. The summed E-state index contributed by atoms with van der Waals surface area (Å²) in [6, 6.07) is 10.1. The predicted octanol–water partition coefficient (Wildman–Crippen LogP) is 4.72. The van der Waals surface area contributed by atoms with Crippen LogP contribution < -0.4 is 14.4 Å². The lowest BCUT2D eigenvalue weighted by Crippen LogP contribution is -2.48. The van der Waals surface area contributed by atoms with Crippen LogP contribution in [0, 0.1) is 6.92 Å². The summed E-state index contributed by atoms with van der Waals surface area (Å²) in [6.45, 7) is 11.7. The van der Waals surface area contributed by atoms with Crippen LogP contribution in [0.3, 0.4) is 0 Å². The van der Waals surface area contributed by atoms with E-state index in [1.165, 1.54) is 4.31 Å². The molecule has 0 spiro atoms. The molecular formula is C25H36N2O4S. The van der Waals surface area contributed by atoms with Crippen LogP contribution in [0.4, 0.5) is 5.69 Å². The highest BCUT2D eigenvalue weighted by Gasteiger charge is 2.30. The Morgan fingerprint density at radius 2 is 1.66 bits per heavy atom. The second kappa shape index (κ2) is 10.4. The lowest BCUT2D eigenvalue weighted by molar-refractivity contribution is -0.122. The average Bonchev–Trinajstić information content (AvgIpc) is 2.72. The van der Waals surface area contributed by atoms with Gasteiger partial charge in [-0.2, -0.15) is 0 Å². The Bertz CT molecular complexity index is 1050. The van der Waals surface area contributed by atoms with Crippen molar-refractivity contribution in [2.45, 2.75) is 66.0 Å². The van der Waals surface area contributed by atoms with E-state index < -0.39 is 16.1 Å². The Morgan fingerprint density at radius 3 is 2.12 bits per heavy atom. The van der Waals surface area contributed by atoms with Crippen molar-refractivity contribution in [1.82, 2.24) is 5.32 Å².